The maximum Gasteiger partial charge on any atom is 0.270 e. The summed E-state index contributed by atoms with van der Waals surface area (Å²) in [5, 5.41) is 22.3. The molecule has 0 heterocycles. The van der Waals surface area contributed by atoms with E-state index in [1.165, 1.54) is 18.2 Å². The number of benzene rings is 1. The first kappa shape index (κ1) is 14.8. The molecule has 0 fully saturated rings. The van der Waals surface area contributed by atoms with Gasteiger partial charge in [0, 0.05) is 15.7 Å². The van der Waals surface area contributed by atoms with Crippen LogP contribution in [0.4, 0.5) is 5.69 Å². The van der Waals surface area contributed by atoms with Crippen molar-refractivity contribution in [1.82, 2.24) is 5.32 Å². The summed E-state index contributed by atoms with van der Waals surface area (Å²) in [6.45, 7) is 1.67. The number of aliphatic hydroxyl groups excluding tert-OH is 1. The molecule has 0 bridgehead atoms. The van der Waals surface area contributed by atoms with Crippen LogP contribution in [0.15, 0.2) is 18.2 Å². The third-order valence-corrected chi connectivity index (χ3v) is 3.39. The molecule has 1 rings (SSSR count). The summed E-state index contributed by atoms with van der Waals surface area (Å²) in [6.07, 6.45) is 0.591. The van der Waals surface area contributed by atoms with Crippen molar-refractivity contribution in [2.45, 2.75) is 19.4 Å². The van der Waals surface area contributed by atoms with Gasteiger partial charge in [-0.3, -0.25) is 14.9 Å². The van der Waals surface area contributed by atoms with Gasteiger partial charge in [0.15, 0.2) is 0 Å². The highest BCUT2D eigenvalue weighted by molar-refractivity contribution is 14.1. The van der Waals surface area contributed by atoms with E-state index in [0.29, 0.717) is 9.99 Å². The summed E-state index contributed by atoms with van der Waals surface area (Å²) >= 11 is 1.94. The Kier molecular flexibility index (Phi) is 5.48. The summed E-state index contributed by atoms with van der Waals surface area (Å²) in [5.41, 5.74) is 0.120. The van der Waals surface area contributed by atoms with E-state index in [1.807, 2.05) is 29.5 Å². The number of hydrogen-bond acceptors (Lipinski definition) is 4. The fraction of sp³-hybridized carbons (Fsp3) is 0.364. The van der Waals surface area contributed by atoms with Crippen molar-refractivity contribution in [3.05, 3.63) is 37.4 Å². The molecule has 0 unspecified atom stereocenters. The molecule has 1 aromatic carbocycles. The Labute approximate surface area is 118 Å². The van der Waals surface area contributed by atoms with Gasteiger partial charge in [0.05, 0.1) is 23.1 Å². The van der Waals surface area contributed by atoms with Crippen molar-refractivity contribution < 1.29 is 14.8 Å². The molecule has 0 radical (unpaired) electrons. The molecule has 2 N–H and O–H groups in total. The molecule has 1 aromatic rings. The predicted octanol–water partition coefficient (Wildman–Crippen LogP) is 1.70. The predicted molar refractivity (Wildman–Crippen MR) is 74.4 cm³/mol. The topological polar surface area (TPSA) is 92.5 Å². The smallest absolute Gasteiger partial charge is 0.270 e. The molecule has 0 saturated carbocycles. The lowest BCUT2D eigenvalue weighted by Crippen LogP contribution is -2.37. The monoisotopic (exact) mass is 364 g/mol. The van der Waals surface area contributed by atoms with Crippen LogP contribution in [0.3, 0.4) is 0 Å². The molecule has 6 nitrogen and oxygen atoms in total. The lowest BCUT2D eigenvalue weighted by molar-refractivity contribution is -0.384. The fourth-order valence-corrected chi connectivity index (χ4v) is 1.92. The number of carbonyl (C=O) groups excluding carboxylic acids is 1. The number of aliphatic hydroxyl groups is 1. The van der Waals surface area contributed by atoms with Crippen molar-refractivity contribution in [1.29, 1.82) is 0 Å². The lowest BCUT2D eigenvalue weighted by atomic mass is 10.1. The second-order valence-corrected chi connectivity index (χ2v) is 4.84. The zero-order valence-corrected chi connectivity index (χ0v) is 11.9. The molecule has 0 aliphatic carbocycles. The number of nitro benzene ring substituents is 1. The number of nitrogens with zero attached hydrogens (tertiary/aromatic N) is 1. The summed E-state index contributed by atoms with van der Waals surface area (Å²) in [5.74, 6) is -0.413. The molecule has 0 aliphatic rings. The fourth-order valence-electron chi connectivity index (χ4n) is 1.34. The van der Waals surface area contributed by atoms with Gasteiger partial charge < -0.3 is 10.4 Å². The number of nitrogens with one attached hydrogen (secondary N) is 1. The molecule has 18 heavy (non-hydrogen) atoms. The minimum absolute atomic E-state index is 0.127. The highest BCUT2D eigenvalue weighted by atomic mass is 127. The van der Waals surface area contributed by atoms with Gasteiger partial charge in [-0.1, -0.05) is 6.92 Å². The van der Waals surface area contributed by atoms with Crippen molar-refractivity contribution in [2.75, 3.05) is 6.61 Å². The SMILES string of the molecule is CC[C@H](CO)NC(=O)c1cc([N+](=O)[O-])ccc1I. The van der Waals surface area contributed by atoms with Crippen LogP contribution >= 0.6 is 22.6 Å². The number of rotatable bonds is 5. The van der Waals surface area contributed by atoms with Crippen LogP contribution in [0.1, 0.15) is 23.7 Å². The summed E-state index contributed by atoms with van der Waals surface area (Å²) in [6, 6.07) is 3.77. The summed E-state index contributed by atoms with van der Waals surface area (Å²) in [7, 11) is 0. The van der Waals surface area contributed by atoms with Crippen LogP contribution in [0.5, 0.6) is 0 Å². The average Bonchev–Trinajstić information content (AvgIpc) is 2.35. The Morgan fingerprint density at radius 2 is 2.28 bits per heavy atom. The third-order valence-electron chi connectivity index (χ3n) is 2.45. The van der Waals surface area contributed by atoms with Gasteiger partial charge >= 0.3 is 0 Å². The zero-order chi connectivity index (χ0) is 13.7. The van der Waals surface area contributed by atoms with E-state index in [4.69, 9.17) is 5.11 Å². The highest BCUT2D eigenvalue weighted by Crippen LogP contribution is 2.19. The third kappa shape index (κ3) is 3.64. The van der Waals surface area contributed by atoms with Crippen molar-refractivity contribution in [3.63, 3.8) is 0 Å². The quantitative estimate of drug-likeness (QED) is 0.473. The average molecular weight is 364 g/mol. The van der Waals surface area contributed by atoms with Crippen LogP contribution in [0.25, 0.3) is 0 Å². The minimum Gasteiger partial charge on any atom is -0.394 e. The molecule has 0 spiro atoms. The molecule has 0 aliphatic heterocycles. The number of non-ortho nitro benzene ring substituents is 1. The van der Waals surface area contributed by atoms with Crippen LogP contribution in [0, 0.1) is 13.7 Å². The molecule has 1 amide bonds. The number of nitro groups is 1. The van der Waals surface area contributed by atoms with E-state index in [9.17, 15) is 14.9 Å². The van der Waals surface area contributed by atoms with Crippen molar-refractivity contribution in [3.8, 4) is 0 Å². The molecule has 0 saturated heterocycles. The summed E-state index contributed by atoms with van der Waals surface area (Å²) in [4.78, 5) is 22.0. The van der Waals surface area contributed by atoms with E-state index in [0.717, 1.165) is 0 Å². The molecule has 98 valence electrons. The van der Waals surface area contributed by atoms with Crippen molar-refractivity contribution >= 4 is 34.2 Å². The van der Waals surface area contributed by atoms with Gasteiger partial charge in [0.1, 0.15) is 0 Å². The second kappa shape index (κ2) is 6.64. The maximum absolute atomic E-state index is 11.9. The number of carbonyl (C=O) groups is 1. The first-order valence-corrected chi connectivity index (χ1v) is 6.43. The number of hydrogen-bond donors (Lipinski definition) is 2. The first-order valence-electron chi connectivity index (χ1n) is 5.35. The second-order valence-electron chi connectivity index (χ2n) is 3.68. The molecule has 0 aromatic heterocycles. The van der Waals surface area contributed by atoms with Crippen LogP contribution in [-0.4, -0.2) is 28.6 Å². The molecular weight excluding hydrogens is 351 g/mol. The van der Waals surface area contributed by atoms with Gasteiger partial charge in [0.2, 0.25) is 0 Å². The van der Waals surface area contributed by atoms with Crippen molar-refractivity contribution in [2.24, 2.45) is 0 Å². The highest BCUT2D eigenvalue weighted by Gasteiger charge is 2.17. The van der Waals surface area contributed by atoms with Gasteiger partial charge in [-0.25, -0.2) is 0 Å². The summed E-state index contributed by atoms with van der Waals surface area (Å²) < 4.78 is 0.628. The Bertz CT molecular complexity index is 460. The van der Waals surface area contributed by atoms with E-state index >= 15 is 0 Å². The first-order chi connectivity index (χ1) is 8.49. The van der Waals surface area contributed by atoms with Crippen LogP contribution < -0.4 is 5.32 Å². The molecule has 1 atom stereocenters. The normalized spacial score (nSPS) is 11.9. The standard InChI is InChI=1S/C11H13IN2O4/c1-2-7(6-15)13-11(16)9-5-8(14(17)18)3-4-10(9)12/h3-5,7,15H,2,6H2,1H3,(H,13,16)/t7-/m1/s1. The maximum atomic E-state index is 11.9. The van der Waals surface area contributed by atoms with Crippen LogP contribution in [0.2, 0.25) is 0 Å². The van der Waals surface area contributed by atoms with E-state index in [2.05, 4.69) is 5.32 Å². The van der Waals surface area contributed by atoms with Gasteiger partial charge in [-0.2, -0.15) is 0 Å². The Balaban J connectivity index is 2.97. The van der Waals surface area contributed by atoms with E-state index in [-0.39, 0.29) is 23.9 Å². The molecular formula is C11H13IN2O4. The van der Waals surface area contributed by atoms with E-state index in [1.54, 1.807) is 0 Å². The lowest BCUT2D eigenvalue weighted by Gasteiger charge is -2.14. The Morgan fingerprint density at radius 3 is 2.78 bits per heavy atom. The zero-order valence-electron chi connectivity index (χ0n) is 9.72. The number of halogens is 1. The van der Waals surface area contributed by atoms with E-state index < -0.39 is 10.8 Å². The minimum atomic E-state index is -0.545. The van der Waals surface area contributed by atoms with Gasteiger partial charge in [-0.15, -0.1) is 0 Å². The van der Waals surface area contributed by atoms with Gasteiger partial charge in [-0.05, 0) is 35.1 Å². The largest absolute Gasteiger partial charge is 0.394 e. The number of amides is 1. The van der Waals surface area contributed by atoms with Gasteiger partial charge in [0.25, 0.3) is 11.6 Å². The Morgan fingerprint density at radius 1 is 1.61 bits per heavy atom. The molecule has 7 heteroatoms. The van der Waals surface area contributed by atoms with Crippen LogP contribution in [-0.2, 0) is 0 Å². The Hall–Kier alpha value is -1.22.